The minimum absolute atomic E-state index is 0.00881. The quantitative estimate of drug-likeness (QED) is 0.863. The molecule has 3 unspecified atom stereocenters. The highest BCUT2D eigenvalue weighted by Crippen LogP contribution is 2.51. The number of ether oxygens (including phenoxy) is 2. The van der Waals surface area contributed by atoms with Gasteiger partial charge in [0.15, 0.2) is 6.29 Å². The van der Waals surface area contributed by atoms with Crippen LogP contribution in [0.15, 0.2) is 24.3 Å². The van der Waals surface area contributed by atoms with Crippen LogP contribution in [0.4, 0.5) is 0 Å². The Morgan fingerprint density at radius 3 is 2.29 bits per heavy atom. The molecule has 1 aromatic carbocycles. The van der Waals surface area contributed by atoms with Gasteiger partial charge in [-0.2, -0.15) is 0 Å². The molecule has 1 saturated carbocycles. The van der Waals surface area contributed by atoms with Crippen molar-refractivity contribution < 1.29 is 14.6 Å². The molecule has 134 valence electrons. The van der Waals surface area contributed by atoms with Crippen LogP contribution in [0, 0.1) is 5.41 Å². The van der Waals surface area contributed by atoms with Crippen molar-refractivity contribution in [3.05, 3.63) is 29.8 Å². The fourth-order valence-corrected chi connectivity index (χ4v) is 5.21. The molecule has 0 spiro atoms. The molecule has 0 amide bonds. The molecule has 0 bridgehead atoms. The fourth-order valence-electron chi connectivity index (χ4n) is 5.21. The molecular weight excluding hydrogens is 300 g/mol. The maximum absolute atomic E-state index is 10.7. The van der Waals surface area contributed by atoms with E-state index in [-0.39, 0.29) is 17.1 Å². The lowest BCUT2D eigenvalue weighted by atomic mass is 9.57. The highest BCUT2D eigenvalue weighted by atomic mass is 16.7. The van der Waals surface area contributed by atoms with Crippen molar-refractivity contribution in [3.63, 3.8) is 0 Å². The lowest BCUT2D eigenvalue weighted by Crippen LogP contribution is -2.47. The van der Waals surface area contributed by atoms with Gasteiger partial charge < -0.3 is 14.6 Å². The van der Waals surface area contributed by atoms with E-state index in [1.165, 1.54) is 12.0 Å². The van der Waals surface area contributed by atoms with Crippen molar-refractivity contribution in [2.24, 2.45) is 5.41 Å². The summed E-state index contributed by atoms with van der Waals surface area (Å²) in [6, 6.07) is 8.43. The Labute approximate surface area is 146 Å². The van der Waals surface area contributed by atoms with Crippen LogP contribution in [0.1, 0.15) is 71.8 Å². The first-order valence-electron chi connectivity index (χ1n) is 9.29. The molecule has 2 aliphatic rings. The maximum atomic E-state index is 10.7. The van der Waals surface area contributed by atoms with Crippen molar-refractivity contribution in [2.45, 2.75) is 83.5 Å². The van der Waals surface area contributed by atoms with Gasteiger partial charge in [-0.25, -0.2) is 0 Å². The van der Waals surface area contributed by atoms with Crippen LogP contribution >= 0.6 is 0 Å². The molecule has 1 aliphatic carbocycles. The highest BCUT2D eigenvalue weighted by molar-refractivity contribution is 5.33. The molecule has 2 fully saturated rings. The van der Waals surface area contributed by atoms with Crippen molar-refractivity contribution >= 4 is 0 Å². The molecule has 1 heterocycles. The molecule has 24 heavy (non-hydrogen) atoms. The van der Waals surface area contributed by atoms with E-state index in [0.29, 0.717) is 0 Å². The van der Waals surface area contributed by atoms with E-state index >= 15 is 0 Å². The second kappa shape index (κ2) is 6.34. The summed E-state index contributed by atoms with van der Waals surface area (Å²) in [5, 5.41) is 10.7. The third-order valence-corrected chi connectivity index (χ3v) is 5.46. The molecule has 1 saturated heterocycles. The van der Waals surface area contributed by atoms with Crippen LogP contribution < -0.4 is 4.74 Å². The van der Waals surface area contributed by atoms with Gasteiger partial charge in [0.1, 0.15) is 5.75 Å². The molecule has 0 aromatic heterocycles. The van der Waals surface area contributed by atoms with Gasteiger partial charge in [-0.3, -0.25) is 0 Å². The van der Waals surface area contributed by atoms with Gasteiger partial charge in [0.25, 0.3) is 0 Å². The second-order valence-corrected chi connectivity index (χ2v) is 9.19. The average molecular weight is 332 g/mol. The summed E-state index contributed by atoms with van der Waals surface area (Å²) in [5.41, 5.74) is 0.807. The van der Waals surface area contributed by atoms with Crippen LogP contribution in [0.25, 0.3) is 0 Å². The summed E-state index contributed by atoms with van der Waals surface area (Å²) in [6.07, 6.45) is 5.91. The summed E-state index contributed by atoms with van der Waals surface area (Å²) in [4.78, 5) is 0. The van der Waals surface area contributed by atoms with Crippen molar-refractivity contribution in [1.29, 1.82) is 0 Å². The van der Waals surface area contributed by atoms with Gasteiger partial charge in [0.2, 0.25) is 0 Å². The fraction of sp³-hybridized carbons (Fsp3) is 0.714. The molecule has 1 aliphatic heterocycles. The number of hydrogen-bond donors (Lipinski definition) is 1. The SMILES string of the molecule is CC1(C)CC(C)(O)CC(C)(c2ccc(OC3CCCCO3)cc2)C1. The zero-order valence-corrected chi connectivity index (χ0v) is 15.6. The third kappa shape index (κ3) is 4.12. The van der Waals surface area contributed by atoms with Crippen molar-refractivity contribution in [2.75, 3.05) is 6.61 Å². The first-order chi connectivity index (χ1) is 11.2. The van der Waals surface area contributed by atoms with Crippen LogP contribution in [0.5, 0.6) is 5.75 Å². The predicted molar refractivity (Wildman–Crippen MR) is 96.3 cm³/mol. The van der Waals surface area contributed by atoms with Gasteiger partial charge in [0.05, 0.1) is 12.2 Å². The molecule has 3 rings (SSSR count). The summed E-state index contributed by atoms with van der Waals surface area (Å²) in [5.74, 6) is 0.871. The number of aliphatic hydroxyl groups is 1. The minimum atomic E-state index is -0.610. The monoisotopic (exact) mass is 332 g/mol. The van der Waals surface area contributed by atoms with E-state index < -0.39 is 5.60 Å². The maximum Gasteiger partial charge on any atom is 0.199 e. The highest BCUT2D eigenvalue weighted by Gasteiger charge is 2.46. The molecule has 3 heteroatoms. The standard InChI is InChI=1S/C21H32O3/c1-19(2)13-20(3,15-21(4,22)14-19)16-8-10-17(11-9-16)24-18-7-5-6-12-23-18/h8-11,18,22H,5-7,12-15H2,1-4H3. The van der Waals surface area contributed by atoms with Crippen LogP contribution in [-0.2, 0) is 10.2 Å². The Morgan fingerprint density at radius 1 is 1.00 bits per heavy atom. The molecule has 3 atom stereocenters. The molecular formula is C21H32O3. The van der Waals surface area contributed by atoms with Crippen LogP contribution in [0.3, 0.4) is 0 Å². The molecule has 1 aromatic rings. The van der Waals surface area contributed by atoms with E-state index in [4.69, 9.17) is 9.47 Å². The van der Waals surface area contributed by atoms with Gasteiger partial charge in [-0.15, -0.1) is 0 Å². The first kappa shape index (κ1) is 17.8. The summed E-state index contributed by atoms with van der Waals surface area (Å²) >= 11 is 0. The zero-order valence-electron chi connectivity index (χ0n) is 15.6. The number of rotatable bonds is 3. The van der Waals surface area contributed by atoms with Crippen molar-refractivity contribution in [3.8, 4) is 5.75 Å². The zero-order chi connectivity index (χ0) is 17.4. The second-order valence-electron chi connectivity index (χ2n) is 9.19. The molecule has 0 radical (unpaired) electrons. The summed E-state index contributed by atoms with van der Waals surface area (Å²) < 4.78 is 11.6. The van der Waals surface area contributed by atoms with E-state index in [1.54, 1.807) is 0 Å². The van der Waals surface area contributed by atoms with Gasteiger partial charge in [0, 0.05) is 6.42 Å². The Bertz CT molecular complexity index is 537. The smallest absolute Gasteiger partial charge is 0.199 e. The van der Waals surface area contributed by atoms with Gasteiger partial charge >= 0.3 is 0 Å². The normalized spacial score (nSPS) is 36.3. The third-order valence-electron chi connectivity index (χ3n) is 5.46. The summed E-state index contributed by atoms with van der Waals surface area (Å²) in [6.45, 7) is 9.57. The Morgan fingerprint density at radius 2 is 1.71 bits per heavy atom. The van der Waals surface area contributed by atoms with E-state index in [9.17, 15) is 5.11 Å². The number of hydrogen-bond acceptors (Lipinski definition) is 3. The van der Waals surface area contributed by atoms with Gasteiger partial charge in [-0.1, -0.05) is 32.9 Å². The average Bonchev–Trinajstić information content (AvgIpc) is 2.45. The Hall–Kier alpha value is -1.06. The predicted octanol–water partition coefficient (Wildman–Crippen LogP) is 4.81. The lowest BCUT2D eigenvalue weighted by Gasteiger charge is -2.50. The minimum Gasteiger partial charge on any atom is -0.465 e. The van der Waals surface area contributed by atoms with Crippen LogP contribution in [-0.4, -0.2) is 23.6 Å². The Kier molecular flexibility index (Phi) is 4.69. The Balaban J connectivity index is 1.74. The summed E-state index contributed by atoms with van der Waals surface area (Å²) in [7, 11) is 0. The van der Waals surface area contributed by atoms with E-state index in [0.717, 1.165) is 44.5 Å². The van der Waals surface area contributed by atoms with E-state index in [2.05, 4.69) is 45.0 Å². The van der Waals surface area contributed by atoms with Gasteiger partial charge in [-0.05, 0) is 67.6 Å². The van der Waals surface area contributed by atoms with Crippen LogP contribution in [0.2, 0.25) is 0 Å². The van der Waals surface area contributed by atoms with E-state index in [1.807, 2.05) is 6.92 Å². The topological polar surface area (TPSA) is 38.7 Å². The molecule has 3 nitrogen and oxygen atoms in total. The largest absolute Gasteiger partial charge is 0.465 e. The lowest BCUT2D eigenvalue weighted by molar-refractivity contribution is -0.105. The number of benzene rings is 1. The first-order valence-corrected chi connectivity index (χ1v) is 9.29. The van der Waals surface area contributed by atoms with Crippen molar-refractivity contribution in [1.82, 2.24) is 0 Å². The molecule has 1 N–H and O–H groups in total.